The predicted molar refractivity (Wildman–Crippen MR) is 164 cm³/mol. The van der Waals surface area contributed by atoms with E-state index in [-0.39, 0.29) is 24.3 Å². The molecule has 0 radical (unpaired) electrons. The van der Waals surface area contributed by atoms with Crippen LogP contribution in [0.3, 0.4) is 0 Å². The van der Waals surface area contributed by atoms with Gasteiger partial charge in [-0.1, -0.05) is 56.2 Å². The molecule has 2 atom stereocenters. The fourth-order valence-electron chi connectivity index (χ4n) is 4.13. The summed E-state index contributed by atoms with van der Waals surface area (Å²) in [5, 5.41) is 26.3. The molecule has 0 saturated carbocycles. The molecule has 13 heteroatoms. The van der Waals surface area contributed by atoms with Gasteiger partial charge < -0.3 is 40.4 Å². The molecule has 0 aromatic heterocycles. The molecule has 0 fully saturated rings. The highest BCUT2D eigenvalue weighted by Gasteiger charge is 2.29. The van der Waals surface area contributed by atoms with E-state index in [4.69, 9.17) is 24.4 Å². The summed E-state index contributed by atoms with van der Waals surface area (Å²) in [7, 11) is 0. The van der Waals surface area contributed by atoms with Crippen molar-refractivity contribution in [1.29, 1.82) is 0 Å². The first-order chi connectivity index (χ1) is 21.3. The van der Waals surface area contributed by atoms with Crippen molar-refractivity contribution >= 4 is 29.8 Å². The minimum absolute atomic E-state index is 0.00325. The van der Waals surface area contributed by atoms with E-state index >= 15 is 0 Å². The topological polar surface area (TPSA) is 190 Å². The number of carbonyl (C=O) groups is 5. The first kappa shape index (κ1) is 36.4. The van der Waals surface area contributed by atoms with Gasteiger partial charge in [-0.25, -0.2) is 14.4 Å². The second kappa shape index (κ2) is 18.1. The monoisotopic (exact) mass is 629 g/mol. The number of ether oxygens (including phenoxy) is 3. The summed E-state index contributed by atoms with van der Waals surface area (Å²) >= 11 is 0. The number of hydrogen-bond donors (Lipinski definition) is 5. The van der Waals surface area contributed by atoms with Crippen molar-refractivity contribution in [3.05, 3.63) is 59.7 Å². The summed E-state index contributed by atoms with van der Waals surface area (Å²) in [6, 6.07) is 11.2. The van der Waals surface area contributed by atoms with E-state index in [1.165, 1.54) is 12.1 Å². The molecule has 0 spiro atoms. The Bertz CT molecular complexity index is 1290. The molecule has 0 aliphatic carbocycles. The molecule has 2 rings (SSSR count). The molecule has 3 amide bonds. The van der Waals surface area contributed by atoms with Crippen LogP contribution in [-0.4, -0.2) is 77.5 Å². The molecule has 0 heterocycles. The number of benzene rings is 2. The number of carboxylic acids is 2. The van der Waals surface area contributed by atoms with Gasteiger partial charge in [0.1, 0.15) is 17.7 Å². The summed E-state index contributed by atoms with van der Waals surface area (Å²) in [4.78, 5) is 61.8. The molecule has 1 unspecified atom stereocenters. The Balaban J connectivity index is 2.36. The fourth-order valence-corrected chi connectivity index (χ4v) is 4.13. The number of carboxylic acid groups (broad SMARTS) is 2. The number of unbranched alkanes of at least 4 members (excludes halogenated alkanes) is 2. The Morgan fingerprint density at radius 1 is 0.756 bits per heavy atom. The Kier molecular flexibility index (Phi) is 14.6. The maximum absolute atomic E-state index is 13.7. The van der Waals surface area contributed by atoms with Crippen molar-refractivity contribution in [2.24, 2.45) is 0 Å². The number of rotatable bonds is 18. The molecule has 2 aromatic rings. The molecule has 0 bridgehead atoms. The Hall–Kier alpha value is -4.81. The zero-order chi connectivity index (χ0) is 33.4. The van der Waals surface area contributed by atoms with E-state index < -0.39 is 60.7 Å². The van der Waals surface area contributed by atoms with E-state index in [1.807, 2.05) is 25.1 Å². The van der Waals surface area contributed by atoms with Gasteiger partial charge in [-0.2, -0.15) is 0 Å². The van der Waals surface area contributed by atoms with Crippen LogP contribution in [0.4, 0.5) is 4.79 Å². The van der Waals surface area contributed by atoms with Gasteiger partial charge in [-0.05, 0) is 50.5 Å². The number of alkyl carbamates (subject to hydrolysis) is 1. The second-order valence-electron chi connectivity index (χ2n) is 11.3. The largest absolute Gasteiger partial charge is 0.479 e. The van der Waals surface area contributed by atoms with Crippen LogP contribution in [0, 0.1) is 0 Å². The quantitative estimate of drug-likeness (QED) is 0.153. The van der Waals surface area contributed by atoms with E-state index in [1.54, 1.807) is 39.0 Å². The number of nitrogens with one attached hydrogen (secondary N) is 3. The normalized spacial score (nSPS) is 12.3. The van der Waals surface area contributed by atoms with Crippen molar-refractivity contribution in [1.82, 2.24) is 16.0 Å². The van der Waals surface area contributed by atoms with E-state index in [2.05, 4.69) is 16.0 Å². The van der Waals surface area contributed by atoms with Gasteiger partial charge >= 0.3 is 18.0 Å². The van der Waals surface area contributed by atoms with Gasteiger partial charge in [0.25, 0.3) is 0 Å². The first-order valence-corrected chi connectivity index (χ1v) is 14.7. The van der Waals surface area contributed by atoms with Crippen molar-refractivity contribution in [3.63, 3.8) is 0 Å². The van der Waals surface area contributed by atoms with Crippen LogP contribution in [0.5, 0.6) is 11.5 Å². The molecule has 13 nitrogen and oxygen atoms in total. The van der Waals surface area contributed by atoms with Crippen molar-refractivity contribution in [2.75, 3.05) is 19.8 Å². The Labute approximate surface area is 262 Å². The van der Waals surface area contributed by atoms with Gasteiger partial charge in [0.15, 0.2) is 24.7 Å². The minimum Gasteiger partial charge on any atom is -0.479 e. The minimum atomic E-state index is -1.26. The number of carbonyl (C=O) groups excluding carboxylic acids is 3. The van der Waals surface area contributed by atoms with Crippen molar-refractivity contribution in [2.45, 2.75) is 77.5 Å². The first-order valence-electron chi connectivity index (χ1n) is 14.7. The Morgan fingerprint density at radius 3 is 1.96 bits per heavy atom. The maximum Gasteiger partial charge on any atom is 0.408 e. The molecule has 0 aliphatic rings. The molecular weight excluding hydrogens is 586 g/mol. The summed E-state index contributed by atoms with van der Waals surface area (Å²) in [5.74, 6) is -3.63. The highest BCUT2D eigenvalue weighted by molar-refractivity contribution is 5.91. The van der Waals surface area contributed by atoms with Crippen LogP contribution in [0.25, 0.3) is 0 Å². The maximum atomic E-state index is 13.7. The number of hydrogen-bond acceptors (Lipinski definition) is 8. The third-order valence-corrected chi connectivity index (χ3v) is 6.15. The van der Waals surface area contributed by atoms with Crippen LogP contribution >= 0.6 is 0 Å². The molecule has 0 saturated heterocycles. The van der Waals surface area contributed by atoms with Crippen LogP contribution in [0.1, 0.15) is 58.1 Å². The summed E-state index contributed by atoms with van der Waals surface area (Å²) in [6.45, 7) is 6.11. The van der Waals surface area contributed by atoms with Crippen molar-refractivity contribution in [3.8, 4) is 11.5 Å². The fraction of sp³-hybridized carbons (Fsp3) is 0.469. The van der Waals surface area contributed by atoms with Gasteiger partial charge in [-0.15, -0.1) is 0 Å². The highest BCUT2D eigenvalue weighted by atomic mass is 16.6. The number of aliphatic carboxylic acids is 2. The van der Waals surface area contributed by atoms with E-state index in [9.17, 15) is 24.0 Å². The van der Waals surface area contributed by atoms with E-state index in [0.29, 0.717) is 12.1 Å². The zero-order valence-corrected chi connectivity index (χ0v) is 26.1. The van der Waals surface area contributed by atoms with Gasteiger partial charge in [0.05, 0.1) is 0 Å². The van der Waals surface area contributed by atoms with Crippen molar-refractivity contribution < 1.29 is 48.4 Å². The van der Waals surface area contributed by atoms with E-state index in [0.717, 1.165) is 24.8 Å². The standard InChI is InChI=1S/C32H43N3O10/c1-5-6-10-15-33-29(40)23(17-22-13-14-25(43-19-27(36)37)26(18-22)44-20-28(38)39)34-30(41)24(16-21-11-8-7-9-12-21)35-31(42)45-32(2,3)4/h7-9,11-14,18,23-24H,5-6,10,15-17,19-20H2,1-4H3,(H,33,40)(H,34,41)(H,35,42)(H,36,37)(H,38,39)/t23?,24-/m1/s1. The molecule has 0 aliphatic heterocycles. The average Bonchev–Trinajstić information content (AvgIpc) is 2.96. The Morgan fingerprint density at radius 2 is 1.36 bits per heavy atom. The SMILES string of the molecule is CCCCCNC(=O)C(Cc1ccc(OCC(=O)O)c(OCC(=O)O)c1)NC(=O)[C@@H](Cc1ccccc1)NC(=O)OC(C)(C)C. The molecule has 45 heavy (non-hydrogen) atoms. The lowest BCUT2D eigenvalue weighted by atomic mass is 10.0. The number of amides is 3. The predicted octanol–water partition coefficient (Wildman–Crippen LogP) is 3.08. The molecule has 5 N–H and O–H groups in total. The van der Waals surface area contributed by atoms with Crippen LogP contribution in [0.15, 0.2) is 48.5 Å². The van der Waals surface area contributed by atoms with Crippen LogP contribution in [0.2, 0.25) is 0 Å². The van der Waals surface area contributed by atoms with Crippen LogP contribution in [-0.2, 0) is 36.8 Å². The summed E-state index contributed by atoms with van der Waals surface area (Å²) in [5.41, 5.74) is 0.428. The van der Waals surface area contributed by atoms with Crippen LogP contribution < -0.4 is 25.4 Å². The van der Waals surface area contributed by atoms with Gasteiger partial charge in [0.2, 0.25) is 11.8 Å². The lowest BCUT2D eigenvalue weighted by molar-refractivity contribution is -0.140. The highest BCUT2D eigenvalue weighted by Crippen LogP contribution is 2.29. The smallest absolute Gasteiger partial charge is 0.408 e. The molecule has 246 valence electrons. The van der Waals surface area contributed by atoms with Gasteiger partial charge in [0, 0.05) is 19.4 Å². The molecular formula is C32H43N3O10. The average molecular weight is 630 g/mol. The zero-order valence-electron chi connectivity index (χ0n) is 26.1. The second-order valence-corrected chi connectivity index (χ2v) is 11.3. The summed E-state index contributed by atoms with van der Waals surface area (Å²) < 4.78 is 15.9. The van der Waals surface area contributed by atoms with Gasteiger partial charge in [-0.3, -0.25) is 9.59 Å². The summed E-state index contributed by atoms with van der Waals surface area (Å²) in [6.07, 6.45) is 1.87. The lowest BCUT2D eigenvalue weighted by Gasteiger charge is -2.25. The third kappa shape index (κ3) is 14.5. The molecule has 2 aromatic carbocycles. The third-order valence-electron chi connectivity index (χ3n) is 6.15. The lowest BCUT2D eigenvalue weighted by Crippen LogP contribution is -2.55.